The van der Waals surface area contributed by atoms with Gasteiger partial charge >= 0.3 is 0 Å². The fraction of sp³-hybridized carbons (Fsp3) is 0.273. The maximum Gasteiger partial charge on any atom is 0.231 e. The topological polar surface area (TPSA) is 97.4 Å². The molecule has 0 saturated heterocycles. The number of rotatable bonds is 4. The molecule has 1 aromatic carbocycles. The summed E-state index contributed by atoms with van der Waals surface area (Å²) in [5.74, 6) is 0.448. The van der Waals surface area contributed by atoms with Gasteiger partial charge in [-0.3, -0.25) is 15.5 Å². The Balaban J connectivity index is 2.79. The Morgan fingerprint density at radius 2 is 2.00 bits per heavy atom. The van der Waals surface area contributed by atoms with E-state index >= 15 is 0 Å². The number of benzene rings is 1. The van der Waals surface area contributed by atoms with Gasteiger partial charge in [0.1, 0.15) is 0 Å². The smallest absolute Gasteiger partial charge is 0.231 e. The molecule has 0 aliphatic carbocycles. The Hall–Kier alpha value is -2.24. The van der Waals surface area contributed by atoms with Crippen molar-refractivity contribution in [3.05, 3.63) is 23.8 Å². The fourth-order valence-corrected chi connectivity index (χ4v) is 1.37. The molecule has 6 nitrogen and oxygen atoms in total. The summed E-state index contributed by atoms with van der Waals surface area (Å²) in [5, 5.41) is 9.14. The van der Waals surface area contributed by atoms with Crippen LogP contribution >= 0.6 is 0 Å². The van der Waals surface area contributed by atoms with Crippen LogP contribution in [0.1, 0.15) is 5.56 Å². The van der Waals surface area contributed by atoms with Gasteiger partial charge in [0.05, 0.1) is 20.6 Å². The predicted molar refractivity (Wildman–Crippen MR) is 63.3 cm³/mol. The molecule has 1 rings (SSSR count). The molecule has 0 heterocycles. The first-order valence-corrected chi connectivity index (χ1v) is 4.91. The zero-order valence-corrected chi connectivity index (χ0v) is 9.74. The molecule has 1 amide bonds. The minimum atomic E-state index is -0.365. The molecule has 0 fully saturated rings. The first kappa shape index (κ1) is 12.8. The van der Waals surface area contributed by atoms with Crippen molar-refractivity contribution in [2.75, 3.05) is 14.2 Å². The number of hydrogen-bond donors (Lipinski definition) is 3. The molecular formula is C11H15N3O3. The summed E-state index contributed by atoms with van der Waals surface area (Å²) < 4.78 is 10.2. The molecule has 0 saturated carbocycles. The van der Waals surface area contributed by atoms with Crippen molar-refractivity contribution in [1.29, 1.82) is 5.41 Å². The van der Waals surface area contributed by atoms with Gasteiger partial charge in [0, 0.05) is 0 Å². The summed E-state index contributed by atoms with van der Waals surface area (Å²) >= 11 is 0. The summed E-state index contributed by atoms with van der Waals surface area (Å²) in [4.78, 5) is 11.4. The number of carbonyl (C=O) groups excluding carboxylic acids is 1. The Morgan fingerprint density at radius 1 is 1.35 bits per heavy atom. The van der Waals surface area contributed by atoms with Crippen LogP contribution in [0, 0.1) is 5.41 Å². The third-order valence-electron chi connectivity index (χ3n) is 2.09. The molecule has 0 bridgehead atoms. The highest BCUT2D eigenvalue weighted by Gasteiger charge is 2.08. The second kappa shape index (κ2) is 5.74. The number of hydrogen-bond acceptors (Lipinski definition) is 4. The maximum absolute atomic E-state index is 11.4. The molecule has 6 heteroatoms. The highest BCUT2D eigenvalue weighted by Crippen LogP contribution is 2.27. The maximum atomic E-state index is 11.4. The van der Waals surface area contributed by atoms with Gasteiger partial charge in [0.25, 0.3) is 0 Å². The molecule has 0 unspecified atom stereocenters. The van der Waals surface area contributed by atoms with E-state index in [-0.39, 0.29) is 18.3 Å². The quantitative estimate of drug-likeness (QED) is 0.516. The summed E-state index contributed by atoms with van der Waals surface area (Å²) in [6.07, 6.45) is 0.125. The van der Waals surface area contributed by atoms with Gasteiger partial charge in [-0.2, -0.15) is 0 Å². The SMILES string of the molecule is COc1ccc(CC(=O)NC(=N)N)cc1OC. The van der Waals surface area contributed by atoms with E-state index in [0.29, 0.717) is 11.5 Å². The van der Waals surface area contributed by atoms with Crippen LogP contribution in [0.15, 0.2) is 18.2 Å². The lowest BCUT2D eigenvalue weighted by atomic mass is 10.1. The Bertz CT molecular complexity index is 432. The molecule has 92 valence electrons. The van der Waals surface area contributed by atoms with Crippen LogP contribution in [0.4, 0.5) is 0 Å². The summed E-state index contributed by atoms with van der Waals surface area (Å²) in [6, 6.07) is 5.18. The average Bonchev–Trinajstić information content (AvgIpc) is 2.27. The van der Waals surface area contributed by atoms with E-state index in [1.165, 1.54) is 7.11 Å². The number of ether oxygens (including phenoxy) is 2. The molecule has 4 N–H and O–H groups in total. The van der Waals surface area contributed by atoms with Crippen molar-refractivity contribution in [2.24, 2.45) is 5.73 Å². The van der Waals surface area contributed by atoms with E-state index in [1.807, 2.05) is 0 Å². The van der Waals surface area contributed by atoms with Crippen molar-refractivity contribution in [3.63, 3.8) is 0 Å². The molecule has 0 aromatic heterocycles. The van der Waals surface area contributed by atoms with Gasteiger partial charge < -0.3 is 15.2 Å². The van der Waals surface area contributed by atoms with Crippen LogP contribution in [0.25, 0.3) is 0 Å². The number of nitrogens with one attached hydrogen (secondary N) is 2. The number of amides is 1. The van der Waals surface area contributed by atoms with Gasteiger partial charge in [0.15, 0.2) is 17.5 Å². The monoisotopic (exact) mass is 237 g/mol. The van der Waals surface area contributed by atoms with Crippen LogP contribution in [-0.4, -0.2) is 26.1 Å². The molecule has 0 atom stereocenters. The Morgan fingerprint density at radius 3 is 2.53 bits per heavy atom. The average molecular weight is 237 g/mol. The minimum absolute atomic E-state index is 0.125. The predicted octanol–water partition coefficient (Wildman–Crippen LogP) is 0.256. The number of methoxy groups -OCH3 is 2. The van der Waals surface area contributed by atoms with Crippen LogP contribution in [0.5, 0.6) is 11.5 Å². The van der Waals surface area contributed by atoms with Crippen molar-refractivity contribution >= 4 is 11.9 Å². The van der Waals surface area contributed by atoms with Gasteiger partial charge in [-0.25, -0.2) is 0 Å². The van der Waals surface area contributed by atoms with Crippen LogP contribution in [0.3, 0.4) is 0 Å². The number of nitrogens with two attached hydrogens (primary N) is 1. The van der Waals surface area contributed by atoms with Gasteiger partial charge in [0.2, 0.25) is 5.91 Å². The largest absolute Gasteiger partial charge is 0.493 e. The highest BCUT2D eigenvalue weighted by atomic mass is 16.5. The van der Waals surface area contributed by atoms with E-state index < -0.39 is 0 Å². The van der Waals surface area contributed by atoms with E-state index in [1.54, 1.807) is 25.3 Å². The lowest BCUT2D eigenvalue weighted by Gasteiger charge is -2.09. The van der Waals surface area contributed by atoms with Crippen LogP contribution in [-0.2, 0) is 11.2 Å². The first-order chi connectivity index (χ1) is 8.06. The van der Waals surface area contributed by atoms with Crippen molar-refractivity contribution in [1.82, 2.24) is 5.32 Å². The minimum Gasteiger partial charge on any atom is -0.493 e. The van der Waals surface area contributed by atoms with Crippen LogP contribution < -0.4 is 20.5 Å². The summed E-state index contributed by atoms with van der Waals surface area (Å²) in [6.45, 7) is 0. The number of carbonyl (C=O) groups is 1. The third-order valence-corrected chi connectivity index (χ3v) is 2.09. The first-order valence-electron chi connectivity index (χ1n) is 4.91. The van der Waals surface area contributed by atoms with Gasteiger partial charge in [-0.15, -0.1) is 0 Å². The molecule has 1 aromatic rings. The Kier molecular flexibility index (Phi) is 4.33. The van der Waals surface area contributed by atoms with E-state index in [0.717, 1.165) is 5.56 Å². The standard InChI is InChI=1S/C11H15N3O3/c1-16-8-4-3-7(5-9(8)17-2)6-10(15)14-11(12)13/h3-5H,6H2,1-2H3,(H4,12,13,14,15). The lowest BCUT2D eigenvalue weighted by Crippen LogP contribution is -2.36. The highest BCUT2D eigenvalue weighted by molar-refractivity contribution is 5.95. The zero-order valence-electron chi connectivity index (χ0n) is 9.74. The second-order valence-electron chi connectivity index (χ2n) is 3.33. The molecule has 17 heavy (non-hydrogen) atoms. The number of guanidine groups is 1. The third kappa shape index (κ3) is 3.67. The van der Waals surface area contributed by atoms with Crippen molar-refractivity contribution in [3.8, 4) is 11.5 Å². The fourth-order valence-electron chi connectivity index (χ4n) is 1.37. The summed E-state index contributed by atoms with van der Waals surface area (Å²) in [7, 11) is 3.07. The normalized spacial score (nSPS) is 9.53. The van der Waals surface area contributed by atoms with Gasteiger partial charge in [-0.05, 0) is 17.7 Å². The second-order valence-corrected chi connectivity index (χ2v) is 3.33. The lowest BCUT2D eigenvalue weighted by molar-refractivity contribution is -0.119. The molecule has 0 spiro atoms. The summed E-state index contributed by atoms with van der Waals surface area (Å²) in [5.41, 5.74) is 5.81. The van der Waals surface area contributed by atoms with E-state index in [4.69, 9.17) is 20.6 Å². The molecular weight excluding hydrogens is 222 g/mol. The molecule has 0 radical (unpaired) electrons. The van der Waals surface area contributed by atoms with E-state index in [9.17, 15) is 4.79 Å². The van der Waals surface area contributed by atoms with Crippen molar-refractivity contribution in [2.45, 2.75) is 6.42 Å². The van der Waals surface area contributed by atoms with E-state index in [2.05, 4.69) is 5.32 Å². The molecule has 0 aliphatic rings. The zero-order chi connectivity index (χ0) is 12.8. The van der Waals surface area contributed by atoms with Crippen molar-refractivity contribution < 1.29 is 14.3 Å². The molecule has 0 aliphatic heterocycles. The Labute approximate surface area is 99.2 Å². The van der Waals surface area contributed by atoms with Crippen LogP contribution in [0.2, 0.25) is 0 Å². The van der Waals surface area contributed by atoms with Gasteiger partial charge in [-0.1, -0.05) is 6.07 Å².